The molecule has 0 saturated carbocycles. The van der Waals surface area contributed by atoms with Crippen LogP contribution < -0.4 is 5.56 Å². The van der Waals surface area contributed by atoms with Crippen LogP contribution in [0.4, 0.5) is 0 Å². The van der Waals surface area contributed by atoms with E-state index < -0.39 is 6.04 Å². The number of thiophene rings is 1. The number of benzene rings is 2. The molecule has 2 aromatic carbocycles. The largest absolute Gasteiger partial charge is 0.292 e. The molecule has 0 aliphatic rings. The highest BCUT2D eigenvalue weighted by Crippen LogP contribution is 2.30. The van der Waals surface area contributed by atoms with Crippen LogP contribution in [0.2, 0.25) is 0 Å². The number of carbonyl (C=O) groups excluding carboxylic acids is 1. The maximum Gasteiger partial charge on any atom is 0.262 e. The van der Waals surface area contributed by atoms with E-state index in [1.54, 1.807) is 19.1 Å². The molecule has 4 aromatic rings. The van der Waals surface area contributed by atoms with Crippen LogP contribution in [0.15, 0.2) is 77.9 Å². The highest BCUT2D eigenvalue weighted by Gasteiger charge is 2.20. The summed E-state index contributed by atoms with van der Waals surface area (Å²) in [6.07, 6.45) is 1.47. The molecule has 0 radical (unpaired) electrons. The molecule has 0 spiro atoms. The summed E-state index contributed by atoms with van der Waals surface area (Å²) >= 11 is 1.48. The first-order valence-corrected chi connectivity index (χ1v) is 9.12. The van der Waals surface area contributed by atoms with Crippen LogP contribution in [0.1, 0.15) is 23.3 Å². The van der Waals surface area contributed by atoms with Crippen molar-refractivity contribution in [3.8, 4) is 10.4 Å². The molecule has 0 saturated heterocycles. The van der Waals surface area contributed by atoms with Gasteiger partial charge in [-0.05, 0) is 18.6 Å². The van der Waals surface area contributed by atoms with E-state index in [1.165, 1.54) is 22.2 Å². The molecule has 0 N–H and O–H groups in total. The molecular weight excluding hydrogens is 344 g/mol. The van der Waals surface area contributed by atoms with Gasteiger partial charge in [0.05, 0.1) is 17.8 Å². The fraction of sp³-hybridized carbons (Fsp3) is 0.0952. The number of hydrogen-bond donors (Lipinski definition) is 0. The van der Waals surface area contributed by atoms with Gasteiger partial charge in [-0.2, -0.15) is 0 Å². The van der Waals surface area contributed by atoms with Crippen molar-refractivity contribution in [3.63, 3.8) is 0 Å². The van der Waals surface area contributed by atoms with Crippen molar-refractivity contribution in [1.29, 1.82) is 0 Å². The second-order valence-electron chi connectivity index (χ2n) is 6.06. The zero-order valence-electron chi connectivity index (χ0n) is 14.1. The molecule has 2 aromatic heterocycles. The van der Waals surface area contributed by atoms with Gasteiger partial charge < -0.3 is 0 Å². The van der Waals surface area contributed by atoms with Crippen LogP contribution in [-0.4, -0.2) is 15.3 Å². The number of carbonyl (C=O) groups is 1. The Labute approximate surface area is 154 Å². The lowest BCUT2D eigenvalue weighted by atomic mass is 10.1. The number of aromatic nitrogens is 2. The monoisotopic (exact) mass is 360 g/mol. The molecular formula is C21H16N2O2S. The fourth-order valence-corrected chi connectivity index (χ4v) is 3.92. The van der Waals surface area contributed by atoms with E-state index in [9.17, 15) is 9.59 Å². The second kappa shape index (κ2) is 6.69. The Morgan fingerprint density at radius 2 is 1.69 bits per heavy atom. The smallest absolute Gasteiger partial charge is 0.262 e. The molecule has 0 aliphatic heterocycles. The molecule has 4 rings (SSSR count). The van der Waals surface area contributed by atoms with Crippen molar-refractivity contribution in [2.24, 2.45) is 0 Å². The first-order chi connectivity index (χ1) is 12.6. The molecule has 128 valence electrons. The van der Waals surface area contributed by atoms with Crippen LogP contribution in [0.5, 0.6) is 0 Å². The van der Waals surface area contributed by atoms with E-state index in [0.717, 1.165) is 10.4 Å². The van der Waals surface area contributed by atoms with Crippen molar-refractivity contribution in [2.75, 3.05) is 0 Å². The minimum Gasteiger partial charge on any atom is -0.292 e. The maximum atomic E-state index is 12.9. The summed E-state index contributed by atoms with van der Waals surface area (Å²) in [7, 11) is 0. The molecule has 0 aliphatic carbocycles. The standard InChI is InChI=1S/C21H16N2O2S/c1-14(19(24)16-10-6-3-7-11-16)23-13-22-20-17(21(23)25)12-18(26-20)15-8-4-2-5-9-15/h2-14H,1H3. The Kier molecular flexibility index (Phi) is 4.22. The second-order valence-corrected chi connectivity index (χ2v) is 7.09. The third-order valence-electron chi connectivity index (χ3n) is 4.39. The van der Waals surface area contributed by atoms with E-state index in [-0.39, 0.29) is 11.3 Å². The Hall–Kier alpha value is -3.05. The molecule has 2 heterocycles. The van der Waals surface area contributed by atoms with Gasteiger partial charge in [-0.15, -0.1) is 11.3 Å². The first-order valence-electron chi connectivity index (χ1n) is 8.30. The van der Waals surface area contributed by atoms with Crippen molar-refractivity contribution in [1.82, 2.24) is 9.55 Å². The van der Waals surface area contributed by atoms with Gasteiger partial charge in [0.15, 0.2) is 5.78 Å². The fourth-order valence-electron chi connectivity index (χ4n) is 2.93. The normalized spacial score (nSPS) is 12.2. The Balaban J connectivity index is 1.76. The molecule has 1 atom stereocenters. The molecule has 0 fully saturated rings. The Morgan fingerprint density at radius 3 is 2.38 bits per heavy atom. The predicted molar refractivity (Wildman–Crippen MR) is 105 cm³/mol. The minimum atomic E-state index is -0.609. The molecule has 5 heteroatoms. The van der Waals surface area contributed by atoms with E-state index >= 15 is 0 Å². The van der Waals surface area contributed by atoms with Gasteiger partial charge >= 0.3 is 0 Å². The van der Waals surface area contributed by atoms with Crippen LogP contribution in [0.25, 0.3) is 20.7 Å². The number of fused-ring (bicyclic) bond motifs is 1. The maximum absolute atomic E-state index is 12.9. The molecule has 26 heavy (non-hydrogen) atoms. The summed E-state index contributed by atoms with van der Waals surface area (Å²) in [5, 5.41) is 0.545. The third-order valence-corrected chi connectivity index (χ3v) is 5.48. The topological polar surface area (TPSA) is 52.0 Å². The molecule has 1 unspecified atom stereocenters. The number of Topliss-reactive ketones (excluding diaryl/α,β-unsaturated/α-hetero) is 1. The number of rotatable bonds is 4. The summed E-state index contributed by atoms with van der Waals surface area (Å²) in [6, 6.07) is 20.2. The van der Waals surface area contributed by atoms with E-state index in [2.05, 4.69) is 4.98 Å². The van der Waals surface area contributed by atoms with Crippen molar-refractivity contribution in [3.05, 3.63) is 89.0 Å². The van der Waals surface area contributed by atoms with Crippen molar-refractivity contribution < 1.29 is 4.79 Å². The summed E-state index contributed by atoms with van der Waals surface area (Å²) in [5.41, 5.74) is 1.45. The lowest BCUT2D eigenvalue weighted by Crippen LogP contribution is -2.28. The lowest BCUT2D eigenvalue weighted by Gasteiger charge is -2.13. The molecule has 0 amide bonds. The molecule has 0 bridgehead atoms. The van der Waals surface area contributed by atoms with Crippen LogP contribution >= 0.6 is 11.3 Å². The average Bonchev–Trinajstić information content (AvgIpc) is 3.14. The average molecular weight is 360 g/mol. The van der Waals surface area contributed by atoms with Gasteiger partial charge in [0.1, 0.15) is 4.83 Å². The van der Waals surface area contributed by atoms with Gasteiger partial charge in [0, 0.05) is 10.4 Å². The van der Waals surface area contributed by atoms with Crippen molar-refractivity contribution in [2.45, 2.75) is 13.0 Å². The van der Waals surface area contributed by atoms with E-state index in [1.807, 2.05) is 54.6 Å². The highest BCUT2D eigenvalue weighted by molar-refractivity contribution is 7.21. The van der Waals surface area contributed by atoms with Crippen LogP contribution in [0, 0.1) is 0 Å². The number of hydrogen-bond acceptors (Lipinski definition) is 4. The minimum absolute atomic E-state index is 0.104. The third kappa shape index (κ3) is 2.86. The Morgan fingerprint density at radius 1 is 1.04 bits per heavy atom. The van der Waals surface area contributed by atoms with Gasteiger partial charge in [0.2, 0.25) is 0 Å². The number of ketones is 1. The van der Waals surface area contributed by atoms with E-state index in [0.29, 0.717) is 15.8 Å². The zero-order valence-corrected chi connectivity index (χ0v) is 14.9. The van der Waals surface area contributed by atoms with Crippen molar-refractivity contribution >= 4 is 27.3 Å². The zero-order chi connectivity index (χ0) is 18.1. The van der Waals surface area contributed by atoms with Gasteiger partial charge in [-0.1, -0.05) is 60.7 Å². The quantitative estimate of drug-likeness (QED) is 0.501. The number of nitrogens with zero attached hydrogens (tertiary/aromatic N) is 2. The van der Waals surface area contributed by atoms with E-state index in [4.69, 9.17) is 0 Å². The summed E-state index contributed by atoms with van der Waals surface area (Å²) in [4.78, 5) is 31.7. The van der Waals surface area contributed by atoms with Crippen LogP contribution in [-0.2, 0) is 0 Å². The first kappa shape index (κ1) is 16.4. The Bertz CT molecular complexity index is 1130. The van der Waals surface area contributed by atoms with Crippen LogP contribution in [0.3, 0.4) is 0 Å². The van der Waals surface area contributed by atoms with Gasteiger partial charge in [-0.25, -0.2) is 4.98 Å². The van der Waals surface area contributed by atoms with Gasteiger partial charge in [-0.3, -0.25) is 14.2 Å². The summed E-state index contributed by atoms with van der Waals surface area (Å²) < 4.78 is 1.42. The summed E-state index contributed by atoms with van der Waals surface area (Å²) in [6.45, 7) is 1.73. The predicted octanol–water partition coefficient (Wildman–Crippen LogP) is 4.57. The lowest BCUT2D eigenvalue weighted by molar-refractivity contribution is 0.0932. The summed E-state index contributed by atoms with van der Waals surface area (Å²) in [5.74, 6) is -0.104. The van der Waals surface area contributed by atoms with Gasteiger partial charge in [0.25, 0.3) is 5.56 Å². The SMILES string of the molecule is CC(C(=O)c1ccccc1)n1cnc2sc(-c3ccccc3)cc2c1=O. The molecule has 4 nitrogen and oxygen atoms in total. The highest BCUT2D eigenvalue weighted by atomic mass is 32.1.